The maximum atomic E-state index is 12.7. The van der Waals surface area contributed by atoms with Gasteiger partial charge >= 0.3 is 0 Å². The molecule has 0 aliphatic carbocycles. The molecule has 1 N–H and O–H groups in total. The minimum absolute atomic E-state index is 0.00963. The van der Waals surface area contributed by atoms with E-state index in [-0.39, 0.29) is 21.5 Å². The van der Waals surface area contributed by atoms with Gasteiger partial charge in [0.2, 0.25) is 0 Å². The van der Waals surface area contributed by atoms with Crippen molar-refractivity contribution in [2.24, 2.45) is 0 Å². The van der Waals surface area contributed by atoms with Gasteiger partial charge in [0.1, 0.15) is 4.90 Å². The van der Waals surface area contributed by atoms with Crippen molar-refractivity contribution in [3.05, 3.63) is 63.1 Å². The summed E-state index contributed by atoms with van der Waals surface area (Å²) in [5, 5.41) is 2.93. The van der Waals surface area contributed by atoms with Gasteiger partial charge in [-0.3, -0.25) is 9.63 Å². The van der Waals surface area contributed by atoms with Gasteiger partial charge < -0.3 is 5.32 Å². The van der Waals surface area contributed by atoms with Gasteiger partial charge in [-0.15, -0.1) is 0 Å². The Labute approximate surface area is 172 Å². The third kappa shape index (κ3) is 5.08. The van der Waals surface area contributed by atoms with Crippen molar-refractivity contribution in [1.82, 2.24) is 9.79 Å². The second kappa shape index (κ2) is 9.16. The molecule has 1 atom stereocenters. The van der Waals surface area contributed by atoms with Crippen LogP contribution in [-0.2, 0) is 14.9 Å². The van der Waals surface area contributed by atoms with Crippen LogP contribution in [0.5, 0.6) is 0 Å². The Morgan fingerprint density at radius 2 is 1.89 bits per heavy atom. The van der Waals surface area contributed by atoms with E-state index in [1.54, 1.807) is 0 Å². The molecule has 0 aromatic heterocycles. The first-order valence-electron chi connectivity index (χ1n) is 8.09. The fourth-order valence-corrected chi connectivity index (χ4v) is 4.17. The lowest BCUT2D eigenvalue weighted by Gasteiger charge is -2.19. The summed E-state index contributed by atoms with van der Waals surface area (Å²) in [5.41, 5.74) is 1.15. The molecule has 0 aliphatic rings. The van der Waals surface area contributed by atoms with Crippen molar-refractivity contribution in [2.75, 3.05) is 14.2 Å². The van der Waals surface area contributed by atoms with Gasteiger partial charge in [0.05, 0.1) is 18.2 Å². The quantitative estimate of drug-likeness (QED) is 0.610. The summed E-state index contributed by atoms with van der Waals surface area (Å²) < 4.78 is 26.6. The Kier molecular flexibility index (Phi) is 7.41. The lowest BCUT2D eigenvalue weighted by molar-refractivity contribution is -0.0258. The van der Waals surface area contributed by atoms with E-state index < -0.39 is 15.9 Å². The van der Waals surface area contributed by atoms with E-state index in [0.717, 1.165) is 10.0 Å². The highest BCUT2D eigenvalue weighted by Crippen LogP contribution is 2.26. The van der Waals surface area contributed by atoms with Gasteiger partial charge in [0.25, 0.3) is 15.9 Å². The maximum Gasteiger partial charge on any atom is 0.266 e. The Morgan fingerprint density at radius 3 is 2.44 bits per heavy atom. The average Bonchev–Trinajstić information content (AvgIpc) is 2.66. The number of carbonyl (C=O) groups excluding carboxylic acids is 1. The molecule has 0 saturated heterocycles. The van der Waals surface area contributed by atoms with E-state index in [9.17, 15) is 13.2 Å². The van der Waals surface area contributed by atoms with Gasteiger partial charge in [-0.25, -0.2) is 8.42 Å². The molecule has 146 valence electrons. The van der Waals surface area contributed by atoms with Crippen LogP contribution in [0.25, 0.3) is 0 Å². The van der Waals surface area contributed by atoms with Crippen LogP contribution in [0.15, 0.2) is 51.8 Å². The fourth-order valence-electron chi connectivity index (χ4n) is 2.44. The molecule has 0 bridgehead atoms. The number of hydroxylamine groups is 1. The molecular formula is C18H20BrClN2O4S. The number of halogens is 2. The third-order valence-corrected chi connectivity index (χ3v) is 6.74. The predicted molar refractivity (Wildman–Crippen MR) is 108 cm³/mol. The number of amides is 1. The fraction of sp³-hybridized carbons (Fsp3) is 0.278. The highest BCUT2D eigenvalue weighted by atomic mass is 79.9. The van der Waals surface area contributed by atoms with Gasteiger partial charge in [-0.2, -0.15) is 0 Å². The van der Waals surface area contributed by atoms with E-state index in [1.807, 2.05) is 31.2 Å². The summed E-state index contributed by atoms with van der Waals surface area (Å²) in [6.45, 7) is 1.96. The number of nitrogens with one attached hydrogen (secondary N) is 1. The first kappa shape index (κ1) is 21.8. The molecule has 2 rings (SSSR count). The van der Waals surface area contributed by atoms with Crippen molar-refractivity contribution < 1.29 is 18.0 Å². The number of carbonyl (C=O) groups is 1. The minimum Gasteiger partial charge on any atom is -0.345 e. The number of nitrogens with zero attached hydrogens (tertiary/aromatic N) is 1. The summed E-state index contributed by atoms with van der Waals surface area (Å²) >= 11 is 9.42. The van der Waals surface area contributed by atoms with Gasteiger partial charge in [0.15, 0.2) is 0 Å². The SMILES string of the molecule is CCC(NC(=O)c1ccc(Cl)c(S(=O)(=O)N(C)OC)c1)c1ccc(Br)cc1. The van der Waals surface area contributed by atoms with Crippen molar-refractivity contribution in [3.8, 4) is 0 Å². The van der Waals surface area contributed by atoms with E-state index in [1.165, 1.54) is 32.4 Å². The topological polar surface area (TPSA) is 75.7 Å². The summed E-state index contributed by atoms with van der Waals surface area (Å²) in [7, 11) is -1.50. The molecule has 0 saturated carbocycles. The average molecular weight is 476 g/mol. The predicted octanol–water partition coefficient (Wildman–Crippen LogP) is 4.17. The summed E-state index contributed by atoms with van der Waals surface area (Å²) in [5.74, 6) is -0.391. The van der Waals surface area contributed by atoms with Crippen LogP contribution in [0, 0.1) is 0 Å². The molecule has 6 nitrogen and oxygen atoms in total. The van der Waals surface area contributed by atoms with Crippen molar-refractivity contribution in [2.45, 2.75) is 24.3 Å². The third-order valence-electron chi connectivity index (χ3n) is 4.05. The normalized spacial score (nSPS) is 12.8. The van der Waals surface area contributed by atoms with Crippen LogP contribution in [0.2, 0.25) is 5.02 Å². The molecule has 2 aromatic carbocycles. The number of rotatable bonds is 7. The smallest absolute Gasteiger partial charge is 0.266 e. The lowest BCUT2D eigenvalue weighted by atomic mass is 10.0. The van der Waals surface area contributed by atoms with Crippen molar-refractivity contribution in [1.29, 1.82) is 0 Å². The standard InChI is InChI=1S/C18H20BrClN2O4S/c1-4-16(12-5-8-14(19)9-6-12)21-18(23)13-7-10-15(20)17(11-13)27(24,25)22(2)26-3/h5-11,16H,4H2,1-3H3,(H,21,23). The Hall–Kier alpha value is -1.45. The molecule has 1 amide bonds. The van der Waals surface area contributed by atoms with Gasteiger partial charge in [-0.1, -0.05) is 51.1 Å². The summed E-state index contributed by atoms with van der Waals surface area (Å²) in [6.07, 6.45) is 0.679. The van der Waals surface area contributed by atoms with Gasteiger partial charge in [-0.05, 0) is 42.3 Å². The zero-order chi connectivity index (χ0) is 20.2. The zero-order valence-electron chi connectivity index (χ0n) is 15.1. The zero-order valence-corrected chi connectivity index (χ0v) is 18.2. The van der Waals surface area contributed by atoms with Crippen LogP contribution in [0.1, 0.15) is 35.3 Å². The van der Waals surface area contributed by atoms with Gasteiger partial charge in [0, 0.05) is 17.1 Å². The van der Waals surface area contributed by atoms with Crippen LogP contribution in [0.4, 0.5) is 0 Å². The molecule has 0 radical (unpaired) electrons. The van der Waals surface area contributed by atoms with E-state index in [0.29, 0.717) is 10.9 Å². The van der Waals surface area contributed by atoms with E-state index in [4.69, 9.17) is 16.4 Å². The highest BCUT2D eigenvalue weighted by Gasteiger charge is 2.25. The highest BCUT2D eigenvalue weighted by molar-refractivity contribution is 9.10. The van der Waals surface area contributed by atoms with Crippen LogP contribution >= 0.6 is 27.5 Å². The van der Waals surface area contributed by atoms with E-state index in [2.05, 4.69) is 21.2 Å². The maximum absolute atomic E-state index is 12.7. The summed E-state index contributed by atoms with van der Waals surface area (Å²) in [6, 6.07) is 11.5. The first-order valence-corrected chi connectivity index (χ1v) is 10.7. The molecule has 0 aliphatic heterocycles. The van der Waals surface area contributed by atoms with Crippen molar-refractivity contribution >= 4 is 43.5 Å². The molecule has 9 heteroatoms. The van der Waals surface area contributed by atoms with Crippen LogP contribution < -0.4 is 5.32 Å². The Balaban J connectivity index is 2.31. The molecule has 0 spiro atoms. The molecule has 27 heavy (non-hydrogen) atoms. The number of hydrogen-bond acceptors (Lipinski definition) is 4. The lowest BCUT2D eigenvalue weighted by Crippen LogP contribution is -2.29. The molecule has 0 heterocycles. The number of sulfonamides is 1. The van der Waals surface area contributed by atoms with Crippen LogP contribution in [-0.4, -0.2) is 33.0 Å². The number of benzene rings is 2. The minimum atomic E-state index is -3.97. The molecular weight excluding hydrogens is 456 g/mol. The summed E-state index contributed by atoms with van der Waals surface area (Å²) in [4.78, 5) is 17.2. The van der Waals surface area contributed by atoms with E-state index >= 15 is 0 Å². The van der Waals surface area contributed by atoms with Crippen LogP contribution in [0.3, 0.4) is 0 Å². The van der Waals surface area contributed by atoms with Crippen molar-refractivity contribution in [3.63, 3.8) is 0 Å². The monoisotopic (exact) mass is 474 g/mol. The molecule has 1 unspecified atom stereocenters. The Morgan fingerprint density at radius 1 is 1.26 bits per heavy atom. The molecule has 0 fully saturated rings. The number of hydrogen-bond donors (Lipinski definition) is 1. The second-order valence-electron chi connectivity index (χ2n) is 5.73. The first-order chi connectivity index (χ1) is 12.7. The Bertz CT molecular complexity index is 919. The largest absolute Gasteiger partial charge is 0.345 e. The second-order valence-corrected chi connectivity index (χ2v) is 8.96. The molecule has 2 aromatic rings.